The minimum absolute atomic E-state index is 0.0443. The molecule has 1 N–H and O–H groups in total. The Kier molecular flexibility index (Phi) is 4.85. The van der Waals surface area contributed by atoms with Crippen molar-refractivity contribution in [3.63, 3.8) is 0 Å². The third-order valence-corrected chi connectivity index (χ3v) is 4.34. The molecule has 0 amide bonds. The van der Waals surface area contributed by atoms with E-state index in [1.165, 1.54) is 0 Å². The maximum absolute atomic E-state index is 12.6. The number of nitrogens with zero attached hydrogens (tertiary/aromatic N) is 1. The Morgan fingerprint density at radius 3 is 2.58 bits per heavy atom. The van der Waals surface area contributed by atoms with Crippen LogP contribution in [0.2, 0.25) is 0 Å². The number of carboxylic acid groups (broad SMARTS) is 1. The van der Waals surface area contributed by atoms with Crippen molar-refractivity contribution in [1.82, 2.24) is 0 Å². The van der Waals surface area contributed by atoms with Crippen LogP contribution in [-0.2, 0) is 11.2 Å². The predicted octanol–water partition coefficient (Wildman–Crippen LogP) is 4.18. The number of hydrogen-bond donors (Lipinski definition) is 1. The van der Waals surface area contributed by atoms with Gasteiger partial charge in [0.25, 0.3) is 0 Å². The van der Waals surface area contributed by atoms with Crippen LogP contribution < -0.4 is 0 Å². The van der Waals surface area contributed by atoms with E-state index in [4.69, 9.17) is 10.1 Å². The Morgan fingerprint density at radius 2 is 1.88 bits per heavy atom. The van der Waals surface area contributed by atoms with Crippen LogP contribution in [-0.4, -0.2) is 28.1 Å². The number of carbonyl (C=O) groups is 2. The van der Waals surface area contributed by atoms with E-state index in [1.807, 2.05) is 62.4 Å². The van der Waals surface area contributed by atoms with Crippen LogP contribution in [0.4, 0.5) is 0 Å². The summed E-state index contributed by atoms with van der Waals surface area (Å²) in [5, 5.41) is 8.80. The Balaban J connectivity index is 1.93. The molecule has 3 rings (SSSR count). The van der Waals surface area contributed by atoms with Crippen LogP contribution >= 0.6 is 0 Å². The molecule has 0 spiro atoms. The first-order valence-electron chi connectivity index (χ1n) is 8.55. The molecule has 4 nitrogen and oxygen atoms in total. The van der Waals surface area contributed by atoms with Crippen molar-refractivity contribution in [2.45, 2.75) is 32.2 Å². The third kappa shape index (κ3) is 4.14. The highest BCUT2D eigenvalue weighted by atomic mass is 16.4. The molecule has 0 radical (unpaired) electrons. The molecular formula is C22H21NO3. The zero-order valence-corrected chi connectivity index (χ0v) is 14.9. The summed E-state index contributed by atoms with van der Waals surface area (Å²) in [5.41, 5.74) is 4.07. The molecule has 0 fully saturated rings. The van der Waals surface area contributed by atoms with E-state index in [0.717, 1.165) is 34.9 Å². The molecule has 132 valence electrons. The van der Waals surface area contributed by atoms with Crippen molar-refractivity contribution in [1.29, 1.82) is 0 Å². The lowest BCUT2D eigenvalue weighted by Crippen LogP contribution is -2.30. The fourth-order valence-corrected chi connectivity index (χ4v) is 3.26. The topological polar surface area (TPSA) is 66.7 Å². The van der Waals surface area contributed by atoms with Gasteiger partial charge < -0.3 is 5.11 Å². The van der Waals surface area contributed by atoms with Crippen molar-refractivity contribution in [2.75, 3.05) is 0 Å². The monoisotopic (exact) mass is 347 g/mol. The fraction of sp³-hybridized carbons (Fsp3) is 0.227. The smallest absolute Gasteiger partial charge is 0.328 e. The summed E-state index contributed by atoms with van der Waals surface area (Å²) in [6, 6.07) is 15.0. The molecule has 0 saturated carbocycles. The van der Waals surface area contributed by atoms with Gasteiger partial charge in [0.1, 0.15) is 0 Å². The van der Waals surface area contributed by atoms with Crippen molar-refractivity contribution in [2.24, 2.45) is 4.99 Å². The zero-order valence-electron chi connectivity index (χ0n) is 14.9. The van der Waals surface area contributed by atoms with Gasteiger partial charge in [-0.1, -0.05) is 48.5 Å². The van der Waals surface area contributed by atoms with Gasteiger partial charge >= 0.3 is 5.97 Å². The van der Waals surface area contributed by atoms with E-state index in [2.05, 4.69) is 0 Å². The largest absolute Gasteiger partial charge is 0.478 e. The summed E-state index contributed by atoms with van der Waals surface area (Å²) in [6.45, 7) is 4.09. The molecule has 0 aliphatic carbocycles. The number of ketones is 1. The van der Waals surface area contributed by atoms with Gasteiger partial charge in [0, 0.05) is 11.6 Å². The lowest BCUT2D eigenvalue weighted by molar-refractivity contribution is -0.131. The number of aliphatic imine (C=N–C) groups is 1. The molecule has 1 heterocycles. The highest BCUT2D eigenvalue weighted by Crippen LogP contribution is 2.29. The van der Waals surface area contributed by atoms with Crippen molar-refractivity contribution in [3.05, 3.63) is 76.9 Å². The van der Waals surface area contributed by atoms with Crippen LogP contribution in [0.15, 0.2) is 59.6 Å². The summed E-state index contributed by atoms with van der Waals surface area (Å²) < 4.78 is 0. The van der Waals surface area contributed by atoms with E-state index in [9.17, 15) is 9.59 Å². The number of benzene rings is 2. The van der Waals surface area contributed by atoms with E-state index >= 15 is 0 Å². The molecule has 0 unspecified atom stereocenters. The van der Waals surface area contributed by atoms with Crippen LogP contribution in [0, 0.1) is 0 Å². The molecule has 2 aromatic carbocycles. The van der Waals surface area contributed by atoms with Crippen LogP contribution in [0.25, 0.3) is 6.08 Å². The number of Topliss-reactive ketones (excluding diaryl/α,β-unsaturated/α-hetero) is 1. The Labute approximate surface area is 152 Å². The standard InChI is InChI=1S/C22H21NO3/c1-22(2)14-17-12-15(9-11-21(25)26)8-10-18(17)19(23-22)13-20(24)16-6-4-3-5-7-16/h3-12H,13-14H2,1-2H3,(H,25,26). The van der Waals surface area contributed by atoms with E-state index in [0.29, 0.717) is 5.56 Å². The van der Waals surface area contributed by atoms with Crippen LogP contribution in [0.1, 0.15) is 47.3 Å². The second-order valence-corrected chi connectivity index (χ2v) is 7.10. The SMILES string of the molecule is CC1(C)Cc2cc(C=CC(=O)O)ccc2C(CC(=O)c2ccccc2)=N1. The second-order valence-electron chi connectivity index (χ2n) is 7.10. The number of hydrogen-bond acceptors (Lipinski definition) is 3. The van der Waals surface area contributed by atoms with E-state index in [1.54, 1.807) is 6.08 Å². The average Bonchev–Trinajstić information content (AvgIpc) is 2.59. The van der Waals surface area contributed by atoms with Crippen LogP contribution in [0.3, 0.4) is 0 Å². The number of aliphatic carboxylic acids is 1. The molecule has 4 heteroatoms. The van der Waals surface area contributed by atoms with Gasteiger partial charge in [-0.3, -0.25) is 9.79 Å². The number of carboxylic acids is 1. The summed E-state index contributed by atoms with van der Waals surface area (Å²) in [7, 11) is 0. The van der Waals surface area contributed by atoms with Gasteiger partial charge in [-0.15, -0.1) is 0 Å². The predicted molar refractivity (Wildman–Crippen MR) is 103 cm³/mol. The first kappa shape index (κ1) is 17.8. The molecule has 1 aliphatic heterocycles. The van der Waals surface area contributed by atoms with Gasteiger partial charge in [-0.25, -0.2) is 4.79 Å². The Hall–Kier alpha value is -3.01. The quantitative estimate of drug-likeness (QED) is 0.652. The second kappa shape index (κ2) is 7.08. The lowest BCUT2D eigenvalue weighted by atomic mass is 9.84. The molecule has 26 heavy (non-hydrogen) atoms. The normalized spacial score (nSPS) is 15.4. The molecule has 2 aromatic rings. The fourth-order valence-electron chi connectivity index (χ4n) is 3.26. The highest BCUT2D eigenvalue weighted by molar-refractivity contribution is 6.16. The molecule has 0 saturated heterocycles. The van der Waals surface area contributed by atoms with Gasteiger partial charge in [0.15, 0.2) is 5.78 Å². The number of fused-ring (bicyclic) bond motifs is 1. The molecular weight excluding hydrogens is 326 g/mol. The molecule has 0 aromatic heterocycles. The summed E-state index contributed by atoms with van der Waals surface area (Å²) in [4.78, 5) is 28.2. The summed E-state index contributed by atoms with van der Waals surface area (Å²) in [6.07, 6.45) is 3.71. The molecule has 0 atom stereocenters. The minimum atomic E-state index is -0.973. The maximum Gasteiger partial charge on any atom is 0.328 e. The van der Waals surface area contributed by atoms with Gasteiger partial charge in [-0.2, -0.15) is 0 Å². The first-order valence-corrected chi connectivity index (χ1v) is 8.55. The first-order chi connectivity index (χ1) is 12.3. The van der Waals surface area contributed by atoms with E-state index in [-0.39, 0.29) is 17.7 Å². The minimum Gasteiger partial charge on any atom is -0.478 e. The van der Waals surface area contributed by atoms with Gasteiger partial charge in [0.05, 0.1) is 17.7 Å². The van der Waals surface area contributed by atoms with Crippen molar-refractivity contribution >= 4 is 23.5 Å². The molecule has 0 bridgehead atoms. The van der Waals surface area contributed by atoms with Gasteiger partial charge in [0.2, 0.25) is 0 Å². The summed E-state index contributed by atoms with van der Waals surface area (Å²) in [5.74, 6) is -0.929. The van der Waals surface area contributed by atoms with Gasteiger partial charge in [-0.05, 0) is 43.0 Å². The number of carbonyl (C=O) groups excluding carboxylic acids is 1. The van der Waals surface area contributed by atoms with Crippen LogP contribution in [0.5, 0.6) is 0 Å². The van der Waals surface area contributed by atoms with Crippen molar-refractivity contribution < 1.29 is 14.7 Å². The lowest BCUT2D eigenvalue weighted by Gasteiger charge is -2.29. The highest BCUT2D eigenvalue weighted by Gasteiger charge is 2.27. The van der Waals surface area contributed by atoms with Crippen molar-refractivity contribution in [3.8, 4) is 0 Å². The Morgan fingerprint density at radius 1 is 1.15 bits per heavy atom. The third-order valence-electron chi connectivity index (χ3n) is 4.34. The van der Waals surface area contributed by atoms with E-state index < -0.39 is 5.97 Å². The maximum atomic E-state index is 12.6. The summed E-state index contributed by atoms with van der Waals surface area (Å²) >= 11 is 0. The number of rotatable bonds is 5. The molecule has 1 aliphatic rings. The Bertz CT molecular complexity index is 908. The average molecular weight is 347 g/mol. The zero-order chi connectivity index (χ0) is 18.7.